The van der Waals surface area contributed by atoms with Gasteiger partial charge in [0.15, 0.2) is 0 Å². The molecule has 0 unspecified atom stereocenters. The smallest absolute Gasteiger partial charge is 0.254 e. The molecule has 0 radical (unpaired) electrons. The van der Waals surface area contributed by atoms with E-state index in [2.05, 4.69) is 30.6 Å². The second kappa shape index (κ2) is 8.37. The Morgan fingerprint density at radius 2 is 1.85 bits per heavy atom. The van der Waals surface area contributed by atoms with Crippen LogP contribution in [-0.2, 0) is 0 Å². The Kier molecular flexibility index (Phi) is 5.93. The lowest BCUT2D eigenvalue weighted by atomic mass is 10.2. The molecule has 140 valence electrons. The summed E-state index contributed by atoms with van der Waals surface area (Å²) in [5.74, 6) is 1.80. The Labute approximate surface area is 166 Å². The zero-order valence-corrected chi connectivity index (χ0v) is 16.3. The van der Waals surface area contributed by atoms with Gasteiger partial charge in [-0.2, -0.15) is 0 Å². The van der Waals surface area contributed by atoms with Gasteiger partial charge in [-0.05, 0) is 32.0 Å². The largest absolute Gasteiger partial charge is 0.368 e. The van der Waals surface area contributed by atoms with Gasteiger partial charge in [-0.25, -0.2) is 15.0 Å². The minimum atomic E-state index is -0.139. The SMILES string of the molecule is Cc1nc(-c2ccc(NCCNc3ncc(Cl)cc3Cl)nc2)[nH]c(=O)c1C. The van der Waals surface area contributed by atoms with Crippen LogP contribution in [0.15, 0.2) is 35.4 Å². The van der Waals surface area contributed by atoms with Crippen LogP contribution in [-0.4, -0.2) is 33.0 Å². The molecule has 0 saturated carbocycles. The molecule has 3 rings (SSSR count). The van der Waals surface area contributed by atoms with Gasteiger partial charge in [0.2, 0.25) is 0 Å². The fraction of sp³-hybridized carbons (Fsp3) is 0.222. The van der Waals surface area contributed by atoms with Crippen LogP contribution in [0.3, 0.4) is 0 Å². The Morgan fingerprint density at radius 3 is 2.52 bits per heavy atom. The lowest BCUT2D eigenvalue weighted by Gasteiger charge is -2.09. The summed E-state index contributed by atoms with van der Waals surface area (Å²) in [6.07, 6.45) is 3.20. The zero-order valence-electron chi connectivity index (χ0n) is 14.8. The van der Waals surface area contributed by atoms with Crippen molar-refractivity contribution in [3.63, 3.8) is 0 Å². The third-order valence-electron chi connectivity index (χ3n) is 3.96. The van der Waals surface area contributed by atoms with E-state index in [0.29, 0.717) is 51.9 Å². The molecule has 0 spiro atoms. The minimum absolute atomic E-state index is 0.139. The van der Waals surface area contributed by atoms with Gasteiger partial charge in [0.25, 0.3) is 5.56 Å². The summed E-state index contributed by atoms with van der Waals surface area (Å²) in [7, 11) is 0. The fourth-order valence-corrected chi connectivity index (χ4v) is 2.78. The highest BCUT2D eigenvalue weighted by molar-refractivity contribution is 6.35. The summed E-state index contributed by atoms with van der Waals surface area (Å²) < 4.78 is 0. The van der Waals surface area contributed by atoms with Gasteiger partial charge in [0, 0.05) is 42.3 Å². The summed E-state index contributed by atoms with van der Waals surface area (Å²) in [6.45, 7) is 4.78. The van der Waals surface area contributed by atoms with Crippen molar-refractivity contribution < 1.29 is 0 Å². The van der Waals surface area contributed by atoms with Crippen molar-refractivity contribution in [2.24, 2.45) is 0 Å². The number of hydrogen-bond donors (Lipinski definition) is 3. The fourth-order valence-electron chi connectivity index (χ4n) is 2.34. The normalized spacial score (nSPS) is 10.7. The van der Waals surface area contributed by atoms with E-state index in [-0.39, 0.29) is 5.56 Å². The average Bonchev–Trinajstić information content (AvgIpc) is 2.65. The first-order chi connectivity index (χ1) is 12.9. The lowest BCUT2D eigenvalue weighted by Crippen LogP contribution is -2.15. The van der Waals surface area contributed by atoms with E-state index in [9.17, 15) is 4.79 Å². The van der Waals surface area contributed by atoms with E-state index in [0.717, 1.165) is 5.56 Å². The molecule has 0 fully saturated rings. The predicted octanol–water partition coefficient (Wildman–Crippen LogP) is 3.67. The highest BCUT2D eigenvalue weighted by Gasteiger charge is 2.07. The monoisotopic (exact) mass is 404 g/mol. The molecule has 0 aliphatic rings. The first-order valence-electron chi connectivity index (χ1n) is 8.27. The summed E-state index contributed by atoms with van der Waals surface area (Å²) in [5.41, 5.74) is 1.93. The number of aryl methyl sites for hydroxylation is 1. The highest BCUT2D eigenvalue weighted by atomic mass is 35.5. The third-order valence-corrected chi connectivity index (χ3v) is 4.46. The summed E-state index contributed by atoms with van der Waals surface area (Å²) in [5, 5.41) is 7.28. The molecule has 3 aromatic rings. The van der Waals surface area contributed by atoms with Crippen molar-refractivity contribution in [3.8, 4) is 11.4 Å². The Balaban J connectivity index is 1.57. The van der Waals surface area contributed by atoms with Crippen molar-refractivity contribution in [2.45, 2.75) is 13.8 Å². The topological polar surface area (TPSA) is 95.6 Å². The maximum atomic E-state index is 11.9. The molecular formula is C18H18Cl2N6O. The molecule has 0 bridgehead atoms. The van der Waals surface area contributed by atoms with Crippen LogP contribution in [0.2, 0.25) is 10.0 Å². The number of rotatable bonds is 6. The van der Waals surface area contributed by atoms with Gasteiger partial charge in [-0.1, -0.05) is 23.2 Å². The Hall–Kier alpha value is -2.64. The molecule has 0 amide bonds. The average molecular weight is 405 g/mol. The number of nitrogens with one attached hydrogen (secondary N) is 3. The van der Waals surface area contributed by atoms with Crippen LogP contribution < -0.4 is 16.2 Å². The number of H-pyrrole nitrogens is 1. The predicted molar refractivity (Wildman–Crippen MR) is 109 cm³/mol. The molecular weight excluding hydrogens is 387 g/mol. The van der Waals surface area contributed by atoms with Crippen LogP contribution in [0.5, 0.6) is 0 Å². The van der Waals surface area contributed by atoms with Gasteiger partial charge in [0.1, 0.15) is 17.5 Å². The first-order valence-corrected chi connectivity index (χ1v) is 9.02. The van der Waals surface area contributed by atoms with Crippen molar-refractivity contribution in [1.29, 1.82) is 0 Å². The summed E-state index contributed by atoms with van der Waals surface area (Å²) >= 11 is 11.9. The third kappa shape index (κ3) is 4.75. The molecule has 3 heterocycles. The highest BCUT2D eigenvalue weighted by Crippen LogP contribution is 2.22. The van der Waals surface area contributed by atoms with Crippen LogP contribution in [0, 0.1) is 13.8 Å². The number of pyridine rings is 2. The van der Waals surface area contributed by atoms with E-state index in [1.165, 1.54) is 6.20 Å². The number of aromatic nitrogens is 4. The molecule has 9 heteroatoms. The molecule has 3 N–H and O–H groups in total. The van der Waals surface area contributed by atoms with Crippen LogP contribution in [0.25, 0.3) is 11.4 Å². The second-order valence-electron chi connectivity index (χ2n) is 5.89. The molecule has 27 heavy (non-hydrogen) atoms. The molecule has 0 aromatic carbocycles. The lowest BCUT2D eigenvalue weighted by molar-refractivity contribution is 1.02. The van der Waals surface area contributed by atoms with Crippen LogP contribution in [0.1, 0.15) is 11.3 Å². The maximum Gasteiger partial charge on any atom is 0.254 e. The van der Waals surface area contributed by atoms with Crippen molar-refractivity contribution >= 4 is 34.8 Å². The van der Waals surface area contributed by atoms with E-state index < -0.39 is 0 Å². The zero-order chi connectivity index (χ0) is 19.4. The van der Waals surface area contributed by atoms with E-state index in [1.54, 1.807) is 19.2 Å². The summed E-state index contributed by atoms with van der Waals surface area (Å²) in [4.78, 5) is 27.5. The molecule has 0 aliphatic carbocycles. The van der Waals surface area contributed by atoms with Crippen LogP contribution >= 0.6 is 23.2 Å². The number of aromatic amines is 1. The number of hydrogen-bond acceptors (Lipinski definition) is 6. The molecule has 0 aliphatic heterocycles. The van der Waals surface area contributed by atoms with Gasteiger partial charge in [0.05, 0.1) is 10.0 Å². The minimum Gasteiger partial charge on any atom is -0.368 e. The Morgan fingerprint density at radius 1 is 1.07 bits per heavy atom. The van der Waals surface area contributed by atoms with Crippen molar-refractivity contribution in [3.05, 3.63) is 62.2 Å². The molecule has 0 saturated heterocycles. The quantitative estimate of drug-likeness (QED) is 0.542. The van der Waals surface area contributed by atoms with Crippen molar-refractivity contribution in [1.82, 2.24) is 19.9 Å². The summed E-state index contributed by atoms with van der Waals surface area (Å²) in [6, 6.07) is 5.32. The second-order valence-corrected chi connectivity index (χ2v) is 6.74. The van der Waals surface area contributed by atoms with E-state index in [4.69, 9.17) is 23.2 Å². The van der Waals surface area contributed by atoms with Crippen molar-refractivity contribution in [2.75, 3.05) is 23.7 Å². The van der Waals surface area contributed by atoms with Gasteiger partial charge >= 0.3 is 0 Å². The number of halogens is 2. The first kappa shape index (κ1) is 19.1. The molecule has 0 atom stereocenters. The van der Waals surface area contributed by atoms with Gasteiger partial charge in [-0.3, -0.25) is 4.79 Å². The van der Waals surface area contributed by atoms with Crippen LogP contribution in [0.4, 0.5) is 11.6 Å². The number of nitrogens with zero attached hydrogens (tertiary/aromatic N) is 3. The van der Waals surface area contributed by atoms with E-state index in [1.807, 2.05) is 19.1 Å². The molecule has 7 nitrogen and oxygen atoms in total. The van der Waals surface area contributed by atoms with Gasteiger partial charge < -0.3 is 15.6 Å². The standard InChI is InChI=1S/C18H18Cl2N6O/c1-10-11(2)25-16(26-18(10)27)12-3-4-15(23-8-12)21-5-6-22-17-14(20)7-13(19)9-24-17/h3-4,7-9H,5-6H2,1-2H3,(H,21,23)(H,22,24)(H,25,26,27). The number of anilines is 2. The van der Waals surface area contributed by atoms with Gasteiger partial charge in [-0.15, -0.1) is 0 Å². The van der Waals surface area contributed by atoms with E-state index >= 15 is 0 Å². The Bertz CT molecular complexity index is 1000. The molecule has 3 aromatic heterocycles. The maximum absolute atomic E-state index is 11.9.